The summed E-state index contributed by atoms with van der Waals surface area (Å²) < 4.78 is 11.9. The molecule has 0 N–H and O–H groups in total. The highest BCUT2D eigenvalue weighted by Gasteiger charge is 2.35. The molecule has 1 atom stereocenters. The van der Waals surface area contributed by atoms with Gasteiger partial charge >= 0.3 is 0 Å². The Kier molecular flexibility index (Phi) is 4.48. The molecule has 2 aliphatic rings. The predicted octanol–water partition coefficient (Wildman–Crippen LogP) is 4.13. The van der Waals surface area contributed by atoms with Crippen molar-refractivity contribution in [2.45, 2.75) is 77.6 Å². The van der Waals surface area contributed by atoms with Crippen molar-refractivity contribution in [1.29, 1.82) is 0 Å². The first-order chi connectivity index (χ1) is 8.09. The third kappa shape index (κ3) is 3.69. The van der Waals surface area contributed by atoms with Crippen molar-refractivity contribution in [3.05, 3.63) is 0 Å². The van der Waals surface area contributed by atoms with Crippen molar-refractivity contribution in [3.8, 4) is 0 Å². The Morgan fingerprint density at radius 1 is 1.12 bits per heavy atom. The van der Waals surface area contributed by atoms with Gasteiger partial charge in [0.1, 0.15) is 0 Å². The van der Waals surface area contributed by atoms with E-state index in [4.69, 9.17) is 9.47 Å². The van der Waals surface area contributed by atoms with E-state index in [1.165, 1.54) is 38.5 Å². The summed E-state index contributed by atoms with van der Waals surface area (Å²) >= 11 is 0. The molecule has 0 aromatic heterocycles. The summed E-state index contributed by atoms with van der Waals surface area (Å²) in [5, 5.41) is 0. The first-order valence-electron chi connectivity index (χ1n) is 7.38. The average molecular weight is 240 g/mol. The van der Waals surface area contributed by atoms with Gasteiger partial charge in [0.05, 0.1) is 5.60 Å². The third-order valence-electron chi connectivity index (χ3n) is 4.58. The maximum atomic E-state index is 6.23. The van der Waals surface area contributed by atoms with Crippen LogP contribution in [0.4, 0.5) is 0 Å². The van der Waals surface area contributed by atoms with E-state index in [0.29, 0.717) is 0 Å². The SMILES string of the molecule is CC(C)C1CCC(C)(OC2CCCCO2)CC1. The number of ether oxygens (including phenoxy) is 2. The second kappa shape index (κ2) is 5.71. The van der Waals surface area contributed by atoms with Crippen LogP contribution < -0.4 is 0 Å². The minimum absolute atomic E-state index is 0.0735. The zero-order chi connectivity index (χ0) is 12.3. The molecular weight excluding hydrogens is 212 g/mol. The fourth-order valence-corrected chi connectivity index (χ4v) is 3.16. The van der Waals surface area contributed by atoms with Gasteiger partial charge in [-0.2, -0.15) is 0 Å². The first kappa shape index (κ1) is 13.4. The molecule has 1 saturated heterocycles. The molecule has 0 amide bonds. The van der Waals surface area contributed by atoms with E-state index in [0.717, 1.165) is 24.9 Å². The van der Waals surface area contributed by atoms with Crippen molar-refractivity contribution in [3.63, 3.8) is 0 Å². The van der Waals surface area contributed by atoms with Crippen LogP contribution in [-0.4, -0.2) is 18.5 Å². The van der Waals surface area contributed by atoms with Crippen LogP contribution in [0.2, 0.25) is 0 Å². The number of hydrogen-bond acceptors (Lipinski definition) is 2. The number of hydrogen-bond donors (Lipinski definition) is 0. The average Bonchev–Trinajstić information content (AvgIpc) is 2.30. The molecule has 0 spiro atoms. The van der Waals surface area contributed by atoms with Gasteiger partial charge in [-0.3, -0.25) is 0 Å². The van der Waals surface area contributed by atoms with Crippen LogP contribution in [0.15, 0.2) is 0 Å². The minimum Gasteiger partial charge on any atom is -0.353 e. The Hall–Kier alpha value is -0.0800. The van der Waals surface area contributed by atoms with Gasteiger partial charge < -0.3 is 9.47 Å². The Morgan fingerprint density at radius 3 is 2.35 bits per heavy atom. The molecule has 17 heavy (non-hydrogen) atoms. The molecule has 2 nitrogen and oxygen atoms in total. The Labute approximate surface area is 106 Å². The smallest absolute Gasteiger partial charge is 0.158 e. The number of rotatable bonds is 3. The quantitative estimate of drug-likeness (QED) is 0.738. The van der Waals surface area contributed by atoms with Crippen LogP contribution in [-0.2, 0) is 9.47 Å². The van der Waals surface area contributed by atoms with Gasteiger partial charge in [-0.05, 0) is 63.7 Å². The van der Waals surface area contributed by atoms with Crippen molar-refractivity contribution in [1.82, 2.24) is 0 Å². The highest BCUT2D eigenvalue weighted by atomic mass is 16.7. The molecule has 2 fully saturated rings. The molecule has 1 aliphatic carbocycles. The Bertz CT molecular complexity index is 223. The molecule has 0 bridgehead atoms. The largest absolute Gasteiger partial charge is 0.353 e. The topological polar surface area (TPSA) is 18.5 Å². The van der Waals surface area contributed by atoms with Crippen LogP contribution in [0.5, 0.6) is 0 Å². The van der Waals surface area contributed by atoms with E-state index in [-0.39, 0.29) is 11.9 Å². The lowest BCUT2D eigenvalue weighted by Gasteiger charge is -2.41. The molecule has 0 aromatic rings. The standard InChI is InChI=1S/C15H28O2/c1-12(2)13-7-9-15(3,10-8-13)17-14-6-4-5-11-16-14/h12-14H,4-11H2,1-3H3. The van der Waals surface area contributed by atoms with Gasteiger partial charge in [0, 0.05) is 6.61 Å². The summed E-state index contributed by atoms with van der Waals surface area (Å²) in [6.07, 6.45) is 8.67. The minimum atomic E-state index is 0.0735. The monoisotopic (exact) mass is 240 g/mol. The summed E-state index contributed by atoms with van der Waals surface area (Å²) in [5.74, 6) is 1.73. The lowest BCUT2D eigenvalue weighted by atomic mass is 9.75. The summed E-state index contributed by atoms with van der Waals surface area (Å²) in [7, 11) is 0. The Morgan fingerprint density at radius 2 is 1.82 bits per heavy atom. The van der Waals surface area contributed by atoms with Gasteiger partial charge in [0.25, 0.3) is 0 Å². The summed E-state index contributed by atoms with van der Waals surface area (Å²) in [6.45, 7) is 7.85. The van der Waals surface area contributed by atoms with Gasteiger partial charge in [-0.25, -0.2) is 0 Å². The maximum absolute atomic E-state index is 6.23. The van der Waals surface area contributed by atoms with Gasteiger partial charge in [0.15, 0.2) is 6.29 Å². The van der Waals surface area contributed by atoms with Crippen LogP contribution >= 0.6 is 0 Å². The molecule has 0 radical (unpaired) electrons. The lowest BCUT2D eigenvalue weighted by molar-refractivity contribution is -0.230. The molecule has 2 heteroatoms. The summed E-state index contributed by atoms with van der Waals surface area (Å²) in [5.41, 5.74) is 0.0768. The summed E-state index contributed by atoms with van der Waals surface area (Å²) in [6, 6.07) is 0. The van der Waals surface area contributed by atoms with Crippen LogP contribution in [0.3, 0.4) is 0 Å². The van der Waals surface area contributed by atoms with Crippen molar-refractivity contribution >= 4 is 0 Å². The van der Waals surface area contributed by atoms with Gasteiger partial charge in [-0.1, -0.05) is 13.8 Å². The van der Waals surface area contributed by atoms with Gasteiger partial charge in [-0.15, -0.1) is 0 Å². The second-order valence-electron chi connectivity index (χ2n) is 6.45. The van der Waals surface area contributed by atoms with Crippen LogP contribution in [0, 0.1) is 11.8 Å². The van der Waals surface area contributed by atoms with E-state index < -0.39 is 0 Å². The molecule has 0 aromatic carbocycles. The fraction of sp³-hybridized carbons (Fsp3) is 1.00. The third-order valence-corrected chi connectivity index (χ3v) is 4.58. The highest BCUT2D eigenvalue weighted by Crippen LogP contribution is 2.39. The highest BCUT2D eigenvalue weighted by molar-refractivity contribution is 4.85. The molecule has 1 heterocycles. The van der Waals surface area contributed by atoms with Crippen molar-refractivity contribution in [2.24, 2.45) is 11.8 Å². The predicted molar refractivity (Wildman–Crippen MR) is 69.9 cm³/mol. The second-order valence-corrected chi connectivity index (χ2v) is 6.45. The molecule has 100 valence electrons. The summed E-state index contributed by atoms with van der Waals surface area (Å²) in [4.78, 5) is 0. The van der Waals surface area contributed by atoms with Crippen LogP contribution in [0.25, 0.3) is 0 Å². The maximum Gasteiger partial charge on any atom is 0.158 e. The van der Waals surface area contributed by atoms with E-state index in [2.05, 4.69) is 20.8 Å². The molecular formula is C15H28O2. The van der Waals surface area contributed by atoms with Crippen molar-refractivity contribution < 1.29 is 9.47 Å². The molecule has 1 unspecified atom stereocenters. The van der Waals surface area contributed by atoms with E-state index >= 15 is 0 Å². The molecule has 1 saturated carbocycles. The molecule has 2 rings (SSSR count). The zero-order valence-corrected chi connectivity index (χ0v) is 11.7. The van der Waals surface area contributed by atoms with Crippen molar-refractivity contribution in [2.75, 3.05) is 6.61 Å². The zero-order valence-electron chi connectivity index (χ0n) is 11.7. The van der Waals surface area contributed by atoms with E-state index in [1.807, 2.05) is 0 Å². The fourth-order valence-electron chi connectivity index (χ4n) is 3.16. The molecule has 1 aliphatic heterocycles. The van der Waals surface area contributed by atoms with Crippen LogP contribution in [0.1, 0.15) is 65.7 Å². The van der Waals surface area contributed by atoms with E-state index in [9.17, 15) is 0 Å². The Balaban J connectivity index is 1.80. The van der Waals surface area contributed by atoms with Gasteiger partial charge in [0.2, 0.25) is 0 Å². The first-order valence-corrected chi connectivity index (χ1v) is 7.38. The van der Waals surface area contributed by atoms with E-state index in [1.54, 1.807) is 0 Å². The lowest BCUT2D eigenvalue weighted by Crippen LogP contribution is -2.40. The normalized spacial score (nSPS) is 39.5.